The van der Waals surface area contributed by atoms with E-state index >= 15 is 0 Å². The van der Waals surface area contributed by atoms with Gasteiger partial charge in [-0.1, -0.05) is 0 Å². The van der Waals surface area contributed by atoms with Crippen LogP contribution in [0.4, 0.5) is 0 Å². The fourth-order valence-electron chi connectivity index (χ4n) is 0.902. The van der Waals surface area contributed by atoms with E-state index in [0.29, 0.717) is 0 Å². The van der Waals surface area contributed by atoms with Crippen molar-refractivity contribution in [2.24, 2.45) is 0 Å². The predicted octanol–water partition coefficient (Wildman–Crippen LogP) is -1.62. The lowest BCUT2D eigenvalue weighted by molar-refractivity contribution is -0.140. The molecular formula is C6H10O11S2. The molecule has 0 aliphatic heterocycles. The maximum absolute atomic E-state index is 10.8. The van der Waals surface area contributed by atoms with Crippen LogP contribution in [0.15, 0.2) is 0 Å². The molecular weight excluding hydrogens is 312 g/mol. The Hall–Kier alpha value is -1.28. The smallest absolute Gasteiger partial charge is 0.307 e. The third kappa shape index (κ3) is 7.02. The Balaban J connectivity index is 5.26. The molecule has 11 nitrogen and oxygen atoms in total. The molecule has 112 valence electrons. The highest BCUT2D eigenvalue weighted by Crippen LogP contribution is 2.15. The fourth-order valence-corrected chi connectivity index (χ4v) is 2.23. The minimum absolute atomic E-state index is 1.34. The molecule has 0 radical (unpaired) electrons. The van der Waals surface area contributed by atoms with Crippen LogP contribution in [0.1, 0.15) is 12.8 Å². The van der Waals surface area contributed by atoms with Gasteiger partial charge in [-0.15, -0.1) is 0 Å². The molecule has 0 aromatic carbocycles. The Labute approximate surface area is 107 Å². The first-order chi connectivity index (χ1) is 8.34. The zero-order valence-corrected chi connectivity index (χ0v) is 10.7. The van der Waals surface area contributed by atoms with Crippen molar-refractivity contribution in [1.29, 1.82) is 0 Å². The van der Waals surface area contributed by atoms with Crippen LogP contribution in [0, 0.1) is 0 Å². The first-order valence-corrected chi connectivity index (χ1v) is 7.36. The largest absolute Gasteiger partial charge is 0.481 e. The molecule has 0 rings (SSSR count). The summed E-state index contributed by atoms with van der Waals surface area (Å²) >= 11 is 0. The Morgan fingerprint density at radius 3 is 1.26 bits per heavy atom. The van der Waals surface area contributed by atoms with Gasteiger partial charge in [-0.05, 0) is 0 Å². The van der Waals surface area contributed by atoms with Gasteiger partial charge in [0.05, 0.1) is 12.8 Å². The third-order valence-corrected chi connectivity index (χ3v) is 3.54. The van der Waals surface area contributed by atoms with E-state index in [1.165, 1.54) is 0 Å². The minimum atomic E-state index is -5.12. The molecule has 0 spiro atoms. The zero-order valence-electron chi connectivity index (χ0n) is 9.03. The summed E-state index contributed by atoms with van der Waals surface area (Å²) in [6, 6.07) is 0. The molecule has 0 aromatic heterocycles. The van der Waals surface area contributed by atoms with Crippen molar-refractivity contribution >= 4 is 32.2 Å². The second-order valence-electron chi connectivity index (χ2n) is 3.22. The number of carbonyl (C=O) groups is 2. The van der Waals surface area contributed by atoms with Crippen molar-refractivity contribution in [3.63, 3.8) is 0 Å². The molecule has 0 amide bonds. The summed E-state index contributed by atoms with van der Waals surface area (Å²) in [5.41, 5.74) is -5.06. The molecule has 0 heterocycles. The number of hydrogen-bond donors (Lipinski definition) is 4. The maximum Gasteiger partial charge on any atom is 0.307 e. The highest BCUT2D eigenvalue weighted by Gasteiger charge is 2.36. The van der Waals surface area contributed by atoms with E-state index in [-0.39, 0.29) is 0 Å². The molecule has 0 fully saturated rings. The summed E-state index contributed by atoms with van der Waals surface area (Å²) in [6.45, 7) is 0. The molecule has 0 aliphatic carbocycles. The predicted molar refractivity (Wildman–Crippen MR) is 56.3 cm³/mol. The number of aliphatic carboxylic acids is 2. The number of hydrogen-bond acceptors (Lipinski definition) is 7. The Morgan fingerprint density at radius 2 is 1.11 bits per heavy atom. The second kappa shape index (κ2) is 6.25. The van der Waals surface area contributed by atoms with Gasteiger partial charge in [-0.3, -0.25) is 18.7 Å². The maximum atomic E-state index is 10.8. The van der Waals surface area contributed by atoms with Crippen LogP contribution in [0.25, 0.3) is 0 Å². The molecule has 0 aliphatic rings. The number of carboxylic acid groups (broad SMARTS) is 2. The average molecular weight is 322 g/mol. The van der Waals surface area contributed by atoms with E-state index in [2.05, 4.69) is 4.74 Å². The molecule has 19 heavy (non-hydrogen) atoms. The third-order valence-electron chi connectivity index (χ3n) is 1.65. The van der Waals surface area contributed by atoms with Crippen molar-refractivity contribution < 1.29 is 50.5 Å². The van der Waals surface area contributed by atoms with Gasteiger partial charge in [-0.25, -0.2) is 0 Å². The fraction of sp³-hybridized carbons (Fsp3) is 0.667. The summed E-state index contributed by atoms with van der Waals surface area (Å²) in [7, 11) is -10.2. The van der Waals surface area contributed by atoms with E-state index in [0.717, 1.165) is 0 Å². The van der Waals surface area contributed by atoms with Crippen LogP contribution in [0.3, 0.4) is 0 Å². The molecule has 0 bridgehead atoms. The first kappa shape index (κ1) is 17.7. The zero-order chi connectivity index (χ0) is 15.4. The molecule has 2 unspecified atom stereocenters. The van der Waals surface area contributed by atoms with Gasteiger partial charge < -0.3 is 14.9 Å². The SMILES string of the molecule is O=C(O)CC(OC(CC(=O)O)S(=O)(=O)O)S(=O)(=O)O. The van der Waals surface area contributed by atoms with Gasteiger partial charge in [0.1, 0.15) is 0 Å². The highest BCUT2D eigenvalue weighted by atomic mass is 32.2. The van der Waals surface area contributed by atoms with Gasteiger partial charge in [0.25, 0.3) is 20.2 Å². The average Bonchev–Trinajstić information content (AvgIpc) is 2.10. The lowest BCUT2D eigenvalue weighted by Crippen LogP contribution is -2.36. The molecule has 4 N–H and O–H groups in total. The summed E-state index contributed by atoms with van der Waals surface area (Å²) in [5, 5.41) is 16.7. The van der Waals surface area contributed by atoms with Crippen molar-refractivity contribution in [1.82, 2.24) is 0 Å². The van der Waals surface area contributed by atoms with E-state index in [1.807, 2.05) is 0 Å². The van der Waals surface area contributed by atoms with E-state index in [1.54, 1.807) is 0 Å². The van der Waals surface area contributed by atoms with Crippen molar-refractivity contribution in [3.8, 4) is 0 Å². The van der Waals surface area contributed by atoms with Crippen LogP contribution in [-0.2, 0) is 34.6 Å². The van der Waals surface area contributed by atoms with Crippen molar-refractivity contribution in [2.45, 2.75) is 23.7 Å². The summed E-state index contributed by atoms with van der Waals surface area (Å²) in [5.74, 6) is -3.51. The van der Waals surface area contributed by atoms with Crippen LogP contribution in [0.2, 0.25) is 0 Å². The standard InChI is InChI=1S/C6H10O11S2/c7-3(8)1-5(18(11,12)13)17-6(2-4(9)10)19(14,15)16/h5-6H,1-2H2,(H,7,8)(H,9,10)(H,11,12,13)(H,14,15,16). The van der Waals surface area contributed by atoms with Gasteiger partial charge in [0, 0.05) is 0 Å². The van der Waals surface area contributed by atoms with Crippen molar-refractivity contribution in [3.05, 3.63) is 0 Å². The first-order valence-electron chi connectivity index (χ1n) is 4.35. The quantitative estimate of drug-likeness (QED) is 0.375. The van der Waals surface area contributed by atoms with Crippen LogP contribution < -0.4 is 0 Å². The van der Waals surface area contributed by atoms with Gasteiger partial charge in [-0.2, -0.15) is 16.8 Å². The van der Waals surface area contributed by atoms with E-state index in [9.17, 15) is 26.4 Å². The number of carboxylic acids is 2. The van der Waals surface area contributed by atoms with Gasteiger partial charge >= 0.3 is 11.9 Å². The topological polar surface area (TPSA) is 193 Å². The van der Waals surface area contributed by atoms with Gasteiger partial charge in [0.15, 0.2) is 10.9 Å². The summed E-state index contributed by atoms with van der Waals surface area (Å²) in [6.07, 6.45) is -2.69. The van der Waals surface area contributed by atoms with Crippen LogP contribution in [0.5, 0.6) is 0 Å². The lowest BCUT2D eigenvalue weighted by atomic mass is 10.4. The van der Waals surface area contributed by atoms with E-state index in [4.69, 9.17) is 19.3 Å². The normalized spacial score (nSPS) is 15.7. The van der Waals surface area contributed by atoms with Crippen molar-refractivity contribution in [2.75, 3.05) is 0 Å². The molecule has 2 atom stereocenters. The second-order valence-corrected chi connectivity index (χ2v) is 6.33. The highest BCUT2D eigenvalue weighted by molar-refractivity contribution is 7.87. The molecule has 0 saturated carbocycles. The van der Waals surface area contributed by atoms with E-state index < -0.39 is 55.9 Å². The number of ether oxygens (including phenoxy) is 1. The Bertz CT molecular complexity index is 494. The lowest BCUT2D eigenvalue weighted by Gasteiger charge is -2.18. The monoisotopic (exact) mass is 322 g/mol. The molecule has 0 aromatic rings. The Morgan fingerprint density at radius 1 is 0.842 bits per heavy atom. The minimum Gasteiger partial charge on any atom is -0.481 e. The molecule has 0 saturated heterocycles. The van der Waals surface area contributed by atoms with Gasteiger partial charge in [0.2, 0.25) is 0 Å². The summed E-state index contributed by atoms with van der Waals surface area (Å²) < 4.78 is 64.5. The van der Waals surface area contributed by atoms with Crippen LogP contribution >= 0.6 is 0 Å². The number of rotatable bonds is 8. The molecule has 13 heteroatoms. The summed E-state index contributed by atoms with van der Waals surface area (Å²) in [4.78, 5) is 20.7. The Kier molecular flexibility index (Phi) is 5.83. The van der Waals surface area contributed by atoms with Crippen LogP contribution in [-0.4, -0.2) is 59.0 Å².